The van der Waals surface area contributed by atoms with Crippen LogP contribution in [0.5, 0.6) is 0 Å². The molecule has 1 aromatic rings. The van der Waals surface area contributed by atoms with Gasteiger partial charge in [0.25, 0.3) is 0 Å². The lowest BCUT2D eigenvalue weighted by Crippen LogP contribution is -2.35. The van der Waals surface area contributed by atoms with E-state index in [0.717, 1.165) is 18.8 Å². The normalized spacial score (nSPS) is 19.9. The first-order valence-electron chi connectivity index (χ1n) is 6.01. The van der Waals surface area contributed by atoms with Gasteiger partial charge >= 0.3 is 0 Å². The highest BCUT2D eigenvalue weighted by molar-refractivity contribution is 5.16. The molecule has 90 valence electrons. The summed E-state index contributed by atoms with van der Waals surface area (Å²) in [5.74, 6) is 1.32. The molecule has 1 fully saturated rings. The second kappa shape index (κ2) is 4.41. The molecule has 1 aliphatic carbocycles. The molecular weight excluding hydrogens is 202 g/mol. The van der Waals surface area contributed by atoms with Crippen LogP contribution in [0.15, 0.2) is 0 Å². The number of nitrogens with two attached hydrogens (primary N) is 2. The zero-order chi connectivity index (χ0) is 11.6. The first-order chi connectivity index (χ1) is 7.65. The van der Waals surface area contributed by atoms with Gasteiger partial charge in [0.2, 0.25) is 5.95 Å². The average Bonchev–Trinajstić information content (AvgIpc) is 2.59. The Bertz CT molecular complexity index is 332. The van der Waals surface area contributed by atoms with Gasteiger partial charge in [-0.1, -0.05) is 19.3 Å². The van der Waals surface area contributed by atoms with Crippen LogP contribution in [0, 0.1) is 5.41 Å². The zero-order valence-electron chi connectivity index (χ0n) is 9.95. The molecule has 16 heavy (non-hydrogen) atoms. The van der Waals surface area contributed by atoms with Gasteiger partial charge in [0.15, 0.2) is 5.82 Å². The van der Waals surface area contributed by atoms with Crippen molar-refractivity contribution in [2.75, 3.05) is 12.3 Å². The second-order valence-corrected chi connectivity index (χ2v) is 4.95. The Hall–Kier alpha value is -1.10. The van der Waals surface area contributed by atoms with Gasteiger partial charge < -0.3 is 11.5 Å². The molecule has 1 heterocycles. The Labute approximate surface area is 96.2 Å². The quantitative estimate of drug-likeness (QED) is 0.795. The summed E-state index contributed by atoms with van der Waals surface area (Å²) in [6.07, 6.45) is 7.15. The van der Waals surface area contributed by atoms with Crippen LogP contribution in [0.25, 0.3) is 0 Å². The molecule has 5 heteroatoms. The molecule has 0 aliphatic heterocycles. The van der Waals surface area contributed by atoms with Crippen molar-refractivity contribution >= 4 is 5.95 Å². The van der Waals surface area contributed by atoms with E-state index < -0.39 is 0 Å². The van der Waals surface area contributed by atoms with E-state index in [-0.39, 0.29) is 5.41 Å². The topological polar surface area (TPSA) is 82.8 Å². The molecule has 0 bridgehead atoms. The Kier molecular flexibility index (Phi) is 3.14. The monoisotopic (exact) mass is 223 g/mol. The fourth-order valence-electron chi connectivity index (χ4n) is 2.62. The van der Waals surface area contributed by atoms with Crippen LogP contribution in [0.1, 0.15) is 37.9 Å². The molecule has 1 aliphatic rings. The predicted molar refractivity (Wildman–Crippen MR) is 63.7 cm³/mol. The SMILES string of the molecule is Cn1nc(CC2(CN)CCCCC2)nc1N. The highest BCUT2D eigenvalue weighted by Crippen LogP contribution is 2.37. The van der Waals surface area contributed by atoms with E-state index in [0.29, 0.717) is 5.95 Å². The number of aromatic nitrogens is 3. The first kappa shape index (κ1) is 11.4. The first-order valence-corrected chi connectivity index (χ1v) is 6.01. The molecule has 0 unspecified atom stereocenters. The highest BCUT2D eigenvalue weighted by Gasteiger charge is 2.32. The van der Waals surface area contributed by atoms with Gasteiger partial charge in [-0.3, -0.25) is 0 Å². The van der Waals surface area contributed by atoms with E-state index in [9.17, 15) is 0 Å². The number of anilines is 1. The third kappa shape index (κ3) is 2.19. The van der Waals surface area contributed by atoms with Crippen LogP contribution in [0.3, 0.4) is 0 Å². The summed E-state index contributed by atoms with van der Waals surface area (Å²) >= 11 is 0. The van der Waals surface area contributed by atoms with E-state index in [1.54, 1.807) is 4.68 Å². The number of aryl methyl sites for hydroxylation is 1. The van der Waals surface area contributed by atoms with E-state index >= 15 is 0 Å². The van der Waals surface area contributed by atoms with Gasteiger partial charge in [-0.15, -0.1) is 0 Å². The molecule has 0 saturated heterocycles. The van der Waals surface area contributed by atoms with Crippen LogP contribution in [0.2, 0.25) is 0 Å². The number of hydrogen-bond acceptors (Lipinski definition) is 4. The fourth-order valence-corrected chi connectivity index (χ4v) is 2.62. The molecule has 0 atom stereocenters. The van der Waals surface area contributed by atoms with Crippen LogP contribution < -0.4 is 11.5 Å². The van der Waals surface area contributed by atoms with Crippen molar-refractivity contribution in [1.29, 1.82) is 0 Å². The summed E-state index contributed by atoms with van der Waals surface area (Å²) in [6, 6.07) is 0. The lowest BCUT2D eigenvalue weighted by atomic mass is 9.72. The Morgan fingerprint density at radius 1 is 1.31 bits per heavy atom. The predicted octanol–water partition coefficient (Wildman–Crippen LogP) is 0.849. The van der Waals surface area contributed by atoms with E-state index in [4.69, 9.17) is 11.5 Å². The van der Waals surface area contributed by atoms with Crippen molar-refractivity contribution in [2.45, 2.75) is 38.5 Å². The third-order valence-electron chi connectivity index (χ3n) is 3.72. The van der Waals surface area contributed by atoms with Gasteiger partial charge in [-0.05, 0) is 24.8 Å². The maximum atomic E-state index is 5.94. The second-order valence-electron chi connectivity index (χ2n) is 4.95. The number of rotatable bonds is 3. The minimum Gasteiger partial charge on any atom is -0.368 e. The number of nitrogen functional groups attached to an aromatic ring is 1. The molecule has 1 aromatic heterocycles. The maximum absolute atomic E-state index is 5.94. The standard InChI is InChI=1S/C11H21N5/c1-16-10(13)14-9(15-16)7-11(8-12)5-3-2-4-6-11/h2-8,12H2,1H3,(H2,13,14,15). The molecule has 4 N–H and O–H groups in total. The number of nitrogens with zero attached hydrogens (tertiary/aromatic N) is 3. The lowest BCUT2D eigenvalue weighted by Gasteiger charge is -2.35. The summed E-state index contributed by atoms with van der Waals surface area (Å²) in [6.45, 7) is 0.727. The molecular formula is C11H21N5. The maximum Gasteiger partial charge on any atom is 0.218 e. The minimum absolute atomic E-state index is 0.214. The minimum atomic E-state index is 0.214. The Morgan fingerprint density at radius 2 is 2.00 bits per heavy atom. The summed E-state index contributed by atoms with van der Waals surface area (Å²) < 4.78 is 1.63. The van der Waals surface area contributed by atoms with Crippen molar-refractivity contribution in [3.8, 4) is 0 Å². The third-order valence-corrected chi connectivity index (χ3v) is 3.72. The summed E-state index contributed by atoms with van der Waals surface area (Å²) in [5, 5.41) is 4.32. The molecule has 5 nitrogen and oxygen atoms in total. The lowest BCUT2D eigenvalue weighted by molar-refractivity contribution is 0.193. The largest absolute Gasteiger partial charge is 0.368 e. The summed E-state index contributed by atoms with van der Waals surface area (Å²) in [5.41, 5.74) is 11.8. The average molecular weight is 223 g/mol. The van der Waals surface area contributed by atoms with Crippen LogP contribution in [0.4, 0.5) is 5.95 Å². The zero-order valence-corrected chi connectivity index (χ0v) is 9.95. The van der Waals surface area contributed by atoms with E-state index in [1.807, 2.05) is 7.05 Å². The number of hydrogen-bond donors (Lipinski definition) is 2. The van der Waals surface area contributed by atoms with Crippen molar-refractivity contribution < 1.29 is 0 Å². The smallest absolute Gasteiger partial charge is 0.218 e. The highest BCUT2D eigenvalue weighted by atomic mass is 15.4. The van der Waals surface area contributed by atoms with Gasteiger partial charge in [-0.2, -0.15) is 10.1 Å². The fraction of sp³-hybridized carbons (Fsp3) is 0.818. The Balaban J connectivity index is 2.11. The molecule has 0 aromatic carbocycles. The van der Waals surface area contributed by atoms with Gasteiger partial charge in [-0.25, -0.2) is 4.68 Å². The van der Waals surface area contributed by atoms with E-state index in [2.05, 4.69) is 10.1 Å². The van der Waals surface area contributed by atoms with Crippen molar-refractivity contribution in [3.05, 3.63) is 5.82 Å². The van der Waals surface area contributed by atoms with Crippen molar-refractivity contribution in [3.63, 3.8) is 0 Å². The van der Waals surface area contributed by atoms with Gasteiger partial charge in [0.1, 0.15) is 0 Å². The molecule has 0 radical (unpaired) electrons. The molecule has 2 rings (SSSR count). The van der Waals surface area contributed by atoms with Crippen LogP contribution in [-0.2, 0) is 13.5 Å². The van der Waals surface area contributed by atoms with Crippen LogP contribution >= 0.6 is 0 Å². The van der Waals surface area contributed by atoms with Gasteiger partial charge in [0.05, 0.1) is 0 Å². The van der Waals surface area contributed by atoms with Crippen LogP contribution in [-0.4, -0.2) is 21.3 Å². The Morgan fingerprint density at radius 3 is 2.50 bits per heavy atom. The van der Waals surface area contributed by atoms with Crippen molar-refractivity contribution in [2.24, 2.45) is 18.2 Å². The summed E-state index contributed by atoms with van der Waals surface area (Å²) in [7, 11) is 1.82. The van der Waals surface area contributed by atoms with Crippen molar-refractivity contribution in [1.82, 2.24) is 14.8 Å². The molecule has 0 spiro atoms. The molecule has 0 amide bonds. The molecule has 1 saturated carbocycles. The summed E-state index contributed by atoms with van der Waals surface area (Å²) in [4.78, 5) is 4.27. The van der Waals surface area contributed by atoms with E-state index in [1.165, 1.54) is 32.1 Å². The van der Waals surface area contributed by atoms with Gasteiger partial charge in [0, 0.05) is 13.5 Å².